The molecule has 2 amide bonds. The molecule has 172 valence electrons. The van der Waals surface area contributed by atoms with Crippen LogP contribution in [0.4, 0.5) is 0 Å². The van der Waals surface area contributed by atoms with Gasteiger partial charge in [-0.15, -0.1) is 17.9 Å². The molecule has 0 N–H and O–H groups in total. The molecule has 2 heterocycles. The second-order valence-electron chi connectivity index (χ2n) is 8.53. The van der Waals surface area contributed by atoms with E-state index in [1.165, 1.54) is 4.88 Å². The lowest BCUT2D eigenvalue weighted by Gasteiger charge is -2.37. The van der Waals surface area contributed by atoms with Gasteiger partial charge < -0.3 is 14.5 Å². The zero-order valence-corrected chi connectivity index (χ0v) is 20.5. The van der Waals surface area contributed by atoms with E-state index in [0.29, 0.717) is 31.1 Å². The summed E-state index contributed by atoms with van der Waals surface area (Å²) in [7, 11) is 0. The Kier molecular flexibility index (Phi) is 8.38. The lowest BCUT2D eigenvalue weighted by molar-refractivity contribution is -0.142. The Morgan fingerprint density at radius 1 is 1.38 bits per heavy atom. The van der Waals surface area contributed by atoms with Gasteiger partial charge in [-0.1, -0.05) is 31.5 Å². The molecule has 1 atom stereocenters. The topological polar surface area (TPSA) is 49.9 Å². The Bertz CT molecular complexity index is 972. The Morgan fingerprint density at radius 3 is 2.84 bits per heavy atom. The number of aryl methyl sites for hydroxylation is 1. The van der Waals surface area contributed by atoms with Crippen molar-refractivity contribution in [2.45, 2.75) is 39.7 Å². The SMILES string of the molecule is C=CCN(CC(=O)N1CCc2sccc2[C@H]1COc1ccc(Cl)c(C)c1)C(=O)CC(C)C. The van der Waals surface area contributed by atoms with Crippen LogP contribution in [0.2, 0.25) is 5.02 Å². The molecule has 1 aliphatic rings. The van der Waals surface area contributed by atoms with Crippen molar-refractivity contribution >= 4 is 34.8 Å². The number of rotatable bonds is 9. The number of thiophene rings is 1. The fourth-order valence-electron chi connectivity index (χ4n) is 3.90. The molecule has 0 saturated carbocycles. The van der Waals surface area contributed by atoms with Gasteiger partial charge >= 0.3 is 0 Å². The molecule has 7 heteroatoms. The third kappa shape index (κ3) is 5.93. The van der Waals surface area contributed by atoms with Crippen molar-refractivity contribution in [3.05, 3.63) is 63.3 Å². The minimum atomic E-state index is -0.195. The molecule has 0 spiro atoms. The highest BCUT2D eigenvalue weighted by Crippen LogP contribution is 2.34. The number of fused-ring (bicyclic) bond motifs is 1. The summed E-state index contributed by atoms with van der Waals surface area (Å²) in [4.78, 5) is 30.7. The van der Waals surface area contributed by atoms with E-state index in [1.54, 1.807) is 22.3 Å². The monoisotopic (exact) mass is 474 g/mol. The number of amides is 2. The maximum absolute atomic E-state index is 13.4. The van der Waals surface area contributed by atoms with E-state index >= 15 is 0 Å². The Balaban J connectivity index is 1.76. The van der Waals surface area contributed by atoms with Crippen molar-refractivity contribution < 1.29 is 14.3 Å². The molecular formula is C25H31ClN2O3S. The van der Waals surface area contributed by atoms with Crippen molar-refractivity contribution in [3.63, 3.8) is 0 Å². The number of hydrogen-bond acceptors (Lipinski definition) is 4. The van der Waals surface area contributed by atoms with Gasteiger partial charge in [0.05, 0.1) is 6.04 Å². The highest BCUT2D eigenvalue weighted by atomic mass is 35.5. The van der Waals surface area contributed by atoms with Gasteiger partial charge in [0.15, 0.2) is 0 Å². The van der Waals surface area contributed by atoms with Crippen LogP contribution in [0.15, 0.2) is 42.3 Å². The van der Waals surface area contributed by atoms with Crippen LogP contribution in [0, 0.1) is 12.8 Å². The van der Waals surface area contributed by atoms with Crippen molar-refractivity contribution in [1.82, 2.24) is 9.80 Å². The lowest BCUT2D eigenvalue weighted by atomic mass is 10.00. The van der Waals surface area contributed by atoms with Crippen LogP contribution in [0.5, 0.6) is 5.75 Å². The number of halogens is 1. The molecule has 0 radical (unpaired) electrons. The highest BCUT2D eigenvalue weighted by Gasteiger charge is 2.33. The summed E-state index contributed by atoms with van der Waals surface area (Å²) < 4.78 is 6.10. The summed E-state index contributed by atoms with van der Waals surface area (Å²) in [5.74, 6) is 0.868. The normalized spacial score (nSPS) is 15.4. The van der Waals surface area contributed by atoms with E-state index in [1.807, 2.05) is 43.9 Å². The average molecular weight is 475 g/mol. The fraction of sp³-hybridized carbons (Fsp3) is 0.440. The second-order valence-corrected chi connectivity index (χ2v) is 9.94. The first-order valence-electron chi connectivity index (χ1n) is 10.9. The van der Waals surface area contributed by atoms with E-state index in [2.05, 4.69) is 18.0 Å². The van der Waals surface area contributed by atoms with E-state index in [0.717, 1.165) is 23.3 Å². The molecule has 0 fully saturated rings. The van der Waals surface area contributed by atoms with E-state index < -0.39 is 0 Å². The van der Waals surface area contributed by atoms with Gasteiger partial charge in [0, 0.05) is 29.4 Å². The van der Waals surface area contributed by atoms with Crippen molar-refractivity contribution in [1.29, 1.82) is 0 Å². The van der Waals surface area contributed by atoms with Gasteiger partial charge in [-0.05, 0) is 60.0 Å². The van der Waals surface area contributed by atoms with E-state index in [9.17, 15) is 9.59 Å². The average Bonchev–Trinajstić information content (AvgIpc) is 3.22. The van der Waals surface area contributed by atoms with Crippen LogP contribution in [-0.2, 0) is 16.0 Å². The fourth-order valence-corrected chi connectivity index (χ4v) is 4.95. The van der Waals surface area contributed by atoms with Crippen LogP contribution >= 0.6 is 22.9 Å². The predicted octanol–water partition coefficient (Wildman–Crippen LogP) is 5.28. The molecule has 32 heavy (non-hydrogen) atoms. The number of ether oxygens (including phenoxy) is 1. The number of hydrogen-bond donors (Lipinski definition) is 0. The maximum atomic E-state index is 13.4. The largest absolute Gasteiger partial charge is 0.491 e. The summed E-state index contributed by atoms with van der Waals surface area (Å²) in [5, 5.41) is 2.76. The number of benzene rings is 1. The highest BCUT2D eigenvalue weighted by molar-refractivity contribution is 7.10. The summed E-state index contributed by atoms with van der Waals surface area (Å²) in [6.45, 7) is 11.1. The first kappa shape index (κ1) is 24.3. The first-order chi connectivity index (χ1) is 15.3. The summed E-state index contributed by atoms with van der Waals surface area (Å²) in [6.07, 6.45) is 2.90. The van der Waals surface area contributed by atoms with Crippen molar-refractivity contribution in [3.8, 4) is 5.75 Å². The Labute approximate surface area is 199 Å². The quantitative estimate of drug-likeness (QED) is 0.465. The minimum absolute atomic E-state index is 0.0223. The Hall–Kier alpha value is -2.31. The molecule has 2 aromatic rings. The van der Waals surface area contributed by atoms with Gasteiger partial charge in [-0.25, -0.2) is 0 Å². The zero-order chi connectivity index (χ0) is 23.3. The molecule has 0 unspecified atom stereocenters. The van der Waals surface area contributed by atoms with Gasteiger partial charge in [0.2, 0.25) is 11.8 Å². The molecule has 5 nitrogen and oxygen atoms in total. The molecule has 0 bridgehead atoms. The molecule has 3 rings (SSSR count). The van der Waals surface area contributed by atoms with E-state index in [-0.39, 0.29) is 30.3 Å². The van der Waals surface area contributed by atoms with Gasteiger partial charge in [-0.3, -0.25) is 9.59 Å². The van der Waals surface area contributed by atoms with Crippen LogP contribution < -0.4 is 4.74 Å². The van der Waals surface area contributed by atoms with Crippen LogP contribution in [0.1, 0.15) is 42.3 Å². The second kappa shape index (κ2) is 11.0. The smallest absolute Gasteiger partial charge is 0.242 e. The number of carbonyl (C=O) groups is 2. The first-order valence-corrected chi connectivity index (χ1v) is 12.2. The molecule has 1 aromatic heterocycles. The molecule has 0 saturated heterocycles. The van der Waals surface area contributed by atoms with Gasteiger partial charge in [0.1, 0.15) is 18.9 Å². The lowest BCUT2D eigenvalue weighted by Crippen LogP contribution is -2.48. The van der Waals surface area contributed by atoms with Crippen LogP contribution in [-0.4, -0.2) is 47.9 Å². The van der Waals surface area contributed by atoms with Gasteiger partial charge in [0.25, 0.3) is 0 Å². The molecule has 0 aliphatic carbocycles. The van der Waals surface area contributed by atoms with E-state index in [4.69, 9.17) is 16.3 Å². The third-order valence-corrected chi connectivity index (χ3v) is 6.98. The predicted molar refractivity (Wildman–Crippen MR) is 130 cm³/mol. The summed E-state index contributed by atoms with van der Waals surface area (Å²) >= 11 is 7.85. The molecular weight excluding hydrogens is 444 g/mol. The Morgan fingerprint density at radius 2 is 2.16 bits per heavy atom. The molecule has 1 aliphatic heterocycles. The molecule has 1 aromatic carbocycles. The van der Waals surface area contributed by atoms with Crippen molar-refractivity contribution in [2.75, 3.05) is 26.2 Å². The number of carbonyl (C=O) groups excluding carboxylic acids is 2. The van der Waals surface area contributed by atoms with Gasteiger partial charge in [-0.2, -0.15) is 0 Å². The number of nitrogens with zero attached hydrogens (tertiary/aromatic N) is 2. The standard InChI is InChI=1S/C25H31ClN2O3S/c1-5-10-27(24(29)13-17(2)3)15-25(30)28-11-8-23-20(9-12-32-23)22(28)16-31-19-6-7-21(26)18(4)14-19/h5-7,9,12,14,17,22H,1,8,10-11,13,15-16H2,2-4H3/t22-/m1/s1. The third-order valence-electron chi connectivity index (χ3n) is 5.56. The van der Waals surface area contributed by atoms with Crippen LogP contribution in [0.3, 0.4) is 0 Å². The zero-order valence-electron chi connectivity index (χ0n) is 19.0. The van der Waals surface area contributed by atoms with Crippen LogP contribution in [0.25, 0.3) is 0 Å². The van der Waals surface area contributed by atoms with Crippen molar-refractivity contribution in [2.24, 2.45) is 5.92 Å². The maximum Gasteiger partial charge on any atom is 0.242 e. The summed E-state index contributed by atoms with van der Waals surface area (Å²) in [6, 6.07) is 7.45. The minimum Gasteiger partial charge on any atom is -0.491 e. The summed E-state index contributed by atoms with van der Waals surface area (Å²) in [5.41, 5.74) is 2.07.